The van der Waals surface area contributed by atoms with Crippen molar-refractivity contribution in [2.24, 2.45) is 0 Å². The number of thiocarbonyl (C=S) groups is 1. The zero-order chi connectivity index (χ0) is 23.2. The van der Waals surface area contributed by atoms with Crippen molar-refractivity contribution in [2.75, 3.05) is 32.2 Å². The topological polar surface area (TPSA) is 75.8 Å². The van der Waals surface area contributed by atoms with E-state index in [1.54, 1.807) is 7.11 Å². The molecular formula is C25H29N3O4S. The Hall–Kier alpha value is -3.10. The minimum atomic E-state index is -0.135. The lowest BCUT2D eigenvalue weighted by Crippen LogP contribution is -2.40. The van der Waals surface area contributed by atoms with Gasteiger partial charge in [-0.1, -0.05) is 12.1 Å². The first-order valence-electron chi connectivity index (χ1n) is 11.2. The summed E-state index contributed by atoms with van der Waals surface area (Å²) in [6.45, 7) is 4.23. The predicted molar refractivity (Wildman–Crippen MR) is 134 cm³/mol. The molecule has 0 radical (unpaired) electrons. The Morgan fingerprint density at radius 1 is 1.27 bits per heavy atom. The van der Waals surface area contributed by atoms with Gasteiger partial charge in [0.05, 0.1) is 32.1 Å². The first kappa shape index (κ1) is 23.1. The van der Waals surface area contributed by atoms with Crippen LogP contribution in [0.2, 0.25) is 0 Å². The summed E-state index contributed by atoms with van der Waals surface area (Å²) in [6.07, 6.45) is 2.08. The summed E-state index contributed by atoms with van der Waals surface area (Å²) in [7, 11) is 1.62. The third-order valence-corrected chi connectivity index (χ3v) is 6.01. The molecule has 0 aliphatic carbocycles. The van der Waals surface area contributed by atoms with Gasteiger partial charge in [0.15, 0.2) is 5.11 Å². The molecule has 7 nitrogen and oxygen atoms in total. The Labute approximate surface area is 198 Å². The van der Waals surface area contributed by atoms with E-state index in [0.717, 1.165) is 41.8 Å². The highest BCUT2D eigenvalue weighted by atomic mass is 32.1. The molecule has 0 bridgehead atoms. The van der Waals surface area contributed by atoms with Crippen LogP contribution in [0.15, 0.2) is 53.3 Å². The molecule has 1 atom stereocenters. The number of aromatic amines is 1. The summed E-state index contributed by atoms with van der Waals surface area (Å²) in [6, 6.07) is 15.2. The third kappa shape index (κ3) is 5.64. The molecule has 4 rings (SSSR count). The maximum Gasteiger partial charge on any atom is 0.253 e. The number of fused-ring (bicyclic) bond motifs is 1. The summed E-state index contributed by atoms with van der Waals surface area (Å²) in [5.41, 5.74) is 2.03. The molecule has 1 aliphatic rings. The Bertz CT molecular complexity index is 1170. The van der Waals surface area contributed by atoms with E-state index in [1.807, 2.05) is 60.4 Å². The van der Waals surface area contributed by atoms with Gasteiger partial charge in [-0.25, -0.2) is 0 Å². The molecule has 0 spiro atoms. The summed E-state index contributed by atoms with van der Waals surface area (Å²) >= 11 is 5.76. The van der Waals surface area contributed by atoms with Gasteiger partial charge in [-0.3, -0.25) is 4.79 Å². The molecule has 3 aromatic rings. The largest absolute Gasteiger partial charge is 0.495 e. The van der Waals surface area contributed by atoms with Crippen molar-refractivity contribution in [3.8, 4) is 11.5 Å². The molecule has 0 amide bonds. The second-order valence-corrected chi connectivity index (χ2v) is 8.34. The second kappa shape index (κ2) is 10.7. The molecule has 1 aliphatic heterocycles. The van der Waals surface area contributed by atoms with Gasteiger partial charge in [-0.15, -0.1) is 0 Å². The Balaban J connectivity index is 1.61. The molecule has 2 N–H and O–H groups in total. The van der Waals surface area contributed by atoms with Crippen LogP contribution >= 0.6 is 12.2 Å². The van der Waals surface area contributed by atoms with E-state index in [-0.39, 0.29) is 11.7 Å². The molecule has 174 valence electrons. The highest BCUT2D eigenvalue weighted by Gasteiger charge is 2.22. The van der Waals surface area contributed by atoms with Gasteiger partial charge in [0.2, 0.25) is 0 Å². The number of benzene rings is 2. The van der Waals surface area contributed by atoms with Crippen LogP contribution < -0.4 is 20.3 Å². The molecule has 2 heterocycles. The molecule has 2 aromatic carbocycles. The maximum absolute atomic E-state index is 12.9. The zero-order valence-corrected chi connectivity index (χ0v) is 19.7. The van der Waals surface area contributed by atoms with Gasteiger partial charge in [-0.2, -0.15) is 0 Å². The summed E-state index contributed by atoms with van der Waals surface area (Å²) in [4.78, 5) is 17.8. The van der Waals surface area contributed by atoms with Crippen LogP contribution in [0.3, 0.4) is 0 Å². The van der Waals surface area contributed by atoms with E-state index in [4.69, 9.17) is 26.4 Å². The number of nitrogens with one attached hydrogen (secondary N) is 2. The Morgan fingerprint density at radius 3 is 2.88 bits per heavy atom. The van der Waals surface area contributed by atoms with Gasteiger partial charge in [0.1, 0.15) is 11.5 Å². The number of nitrogens with zero attached hydrogens (tertiary/aromatic N) is 1. The Morgan fingerprint density at radius 2 is 2.12 bits per heavy atom. The lowest BCUT2D eigenvalue weighted by atomic mass is 10.1. The van der Waals surface area contributed by atoms with E-state index >= 15 is 0 Å². The van der Waals surface area contributed by atoms with Crippen LogP contribution in [-0.4, -0.2) is 48.0 Å². The average molecular weight is 468 g/mol. The maximum atomic E-state index is 12.9. The van der Waals surface area contributed by atoms with Crippen molar-refractivity contribution >= 4 is 33.9 Å². The minimum Gasteiger partial charge on any atom is -0.495 e. The number of ether oxygens (including phenoxy) is 3. The molecular weight excluding hydrogens is 438 g/mol. The van der Waals surface area contributed by atoms with Gasteiger partial charge >= 0.3 is 0 Å². The van der Waals surface area contributed by atoms with Crippen LogP contribution in [0.1, 0.15) is 25.3 Å². The number of hydrogen-bond donors (Lipinski definition) is 2. The van der Waals surface area contributed by atoms with E-state index in [9.17, 15) is 4.79 Å². The first-order valence-corrected chi connectivity index (χ1v) is 11.6. The molecule has 8 heteroatoms. The highest BCUT2D eigenvalue weighted by Crippen LogP contribution is 2.25. The number of anilines is 1. The number of rotatable bonds is 8. The number of pyridine rings is 1. The van der Waals surface area contributed by atoms with E-state index < -0.39 is 0 Å². The molecule has 1 fully saturated rings. The molecule has 0 unspecified atom stereocenters. The average Bonchev–Trinajstić information content (AvgIpc) is 3.33. The Kier molecular flexibility index (Phi) is 7.47. The normalized spacial score (nSPS) is 15.4. The number of H-pyrrole nitrogens is 1. The van der Waals surface area contributed by atoms with Crippen molar-refractivity contribution < 1.29 is 14.2 Å². The van der Waals surface area contributed by atoms with Crippen molar-refractivity contribution in [2.45, 2.75) is 32.4 Å². The van der Waals surface area contributed by atoms with Crippen LogP contribution in [0.4, 0.5) is 5.69 Å². The second-order valence-electron chi connectivity index (χ2n) is 7.95. The van der Waals surface area contributed by atoms with Gasteiger partial charge in [-0.05, 0) is 68.4 Å². The number of aromatic nitrogens is 1. The smallest absolute Gasteiger partial charge is 0.253 e. The standard InChI is InChI=1S/C25H29N3O4S/c1-3-31-19-10-11-21-17(14-19)13-18(24(29)26-21)15-28(16-20-7-6-12-32-20)25(33)27-22-8-4-5-9-23(22)30-2/h4-5,8-11,13-14,20H,3,6-7,12,15-16H2,1-2H3,(H,26,29)(H,27,33)/t20-/m0/s1. The highest BCUT2D eigenvalue weighted by molar-refractivity contribution is 7.80. The molecule has 33 heavy (non-hydrogen) atoms. The van der Waals surface area contributed by atoms with Crippen molar-refractivity contribution in [1.29, 1.82) is 0 Å². The predicted octanol–water partition coefficient (Wildman–Crippen LogP) is 4.31. The van der Waals surface area contributed by atoms with Crippen LogP contribution in [0.25, 0.3) is 10.9 Å². The van der Waals surface area contributed by atoms with Gasteiger partial charge in [0, 0.05) is 29.6 Å². The fourth-order valence-electron chi connectivity index (χ4n) is 4.01. The third-order valence-electron chi connectivity index (χ3n) is 5.65. The zero-order valence-electron chi connectivity index (χ0n) is 18.9. The summed E-state index contributed by atoms with van der Waals surface area (Å²) in [5.74, 6) is 1.47. The van der Waals surface area contributed by atoms with Crippen molar-refractivity contribution in [3.05, 3.63) is 64.4 Å². The lowest BCUT2D eigenvalue weighted by molar-refractivity contribution is 0.0904. The monoisotopic (exact) mass is 467 g/mol. The van der Waals surface area contributed by atoms with Crippen molar-refractivity contribution in [1.82, 2.24) is 9.88 Å². The quantitative estimate of drug-likeness (QED) is 0.478. The van der Waals surface area contributed by atoms with Crippen LogP contribution in [0.5, 0.6) is 11.5 Å². The lowest BCUT2D eigenvalue weighted by Gasteiger charge is -2.28. The fraction of sp³-hybridized carbons (Fsp3) is 0.360. The first-order chi connectivity index (χ1) is 16.1. The van der Waals surface area contributed by atoms with Gasteiger partial charge in [0.25, 0.3) is 5.56 Å². The van der Waals surface area contributed by atoms with E-state index in [2.05, 4.69) is 10.3 Å². The van der Waals surface area contributed by atoms with Crippen LogP contribution in [-0.2, 0) is 11.3 Å². The fourth-order valence-corrected chi connectivity index (χ4v) is 4.25. The van der Waals surface area contributed by atoms with Crippen molar-refractivity contribution in [3.63, 3.8) is 0 Å². The molecule has 1 aromatic heterocycles. The van der Waals surface area contributed by atoms with Gasteiger partial charge < -0.3 is 29.4 Å². The summed E-state index contributed by atoms with van der Waals surface area (Å²) < 4.78 is 16.9. The van der Waals surface area contributed by atoms with E-state index in [1.165, 1.54) is 0 Å². The number of methoxy groups -OCH3 is 1. The molecule has 0 saturated carbocycles. The number of para-hydroxylation sites is 2. The minimum absolute atomic E-state index is 0.0755. The van der Waals surface area contributed by atoms with E-state index in [0.29, 0.717) is 36.1 Å². The summed E-state index contributed by atoms with van der Waals surface area (Å²) in [5, 5.41) is 4.71. The number of hydrogen-bond acceptors (Lipinski definition) is 5. The molecule has 1 saturated heterocycles. The SMILES string of the molecule is CCOc1ccc2[nH]c(=O)c(CN(C[C@@H]3CCCO3)C(=S)Nc3ccccc3OC)cc2c1. The van der Waals surface area contributed by atoms with Crippen LogP contribution in [0, 0.1) is 0 Å².